The Kier molecular flexibility index (Phi) is 6.98. The van der Waals surface area contributed by atoms with Crippen LogP contribution in [0.3, 0.4) is 0 Å². The summed E-state index contributed by atoms with van der Waals surface area (Å²) >= 11 is 0. The molecule has 0 aliphatic heterocycles. The van der Waals surface area contributed by atoms with Gasteiger partial charge in [0, 0.05) is 17.3 Å². The number of hydrogen-bond donors (Lipinski definition) is 0. The van der Waals surface area contributed by atoms with Crippen molar-refractivity contribution in [3.05, 3.63) is 176 Å². The van der Waals surface area contributed by atoms with E-state index in [-0.39, 0.29) is 0 Å². The van der Waals surface area contributed by atoms with E-state index in [1.54, 1.807) is 0 Å². The second kappa shape index (κ2) is 11.9. The molecule has 0 N–H and O–H groups in total. The highest BCUT2D eigenvalue weighted by atomic mass is 14.9. The quantitative estimate of drug-likeness (QED) is 0.181. The van der Waals surface area contributed by atoms with Crippen LogP contribution in [0, 0.1) is 0 Å². The number of hydrogen-bond acceptors (Lipinski definition) is 2. The Bertz CT molecular complexity index is 2540. The van der Waals surface area contributed by atoms with Gasteiger partial charge < -0.3 is 0 Å². The van der Waals surface area contributed by atoms with Crippen molar-refractivity contribution in [3.63, 3.8) is 0 Å². The first-order valence-electron chi connectivity index (χ1n) is 16.6. The van der Waals surface area contributed by atoms with E-state index >= 15 is 0 Å². The Balaban J connectivity index is 1.17. The first kappa shape index (κ1) is 28.1. The van der Waals surface area contributed by atoms with Crippen LogP contribution in [0.1, 0.15) is 18.4 Å². The predicted molar refractivity (Wildman–Crippen MR) is 203 cm³/mol. The van der Waals surface area contributed by atoms with Crippen LogP contribution in [0.2, 0.25) is 0 Å². The second-order valence-electron chi connectivity index (χ2n) is 12.4. The number of fused-ring (bicyclic) bond motifs is 6. The predicted octanol–water partition coefficient (Wildman–Crippen LogP) is 12.3. The lowest BCUT2D eigenvalue weighted by molar-refractivity contribution is 1.04. The highest BCUT2D eigenvalue weighted by Crippen LogP contribution is 2.41. The number of benzene rings is 7. The Hall–Kier alpha value is -6.12. The zero-order valence-corrected chi connectivity index (χ0v) is 26.5. The van der Waals surface area contributed by atoms with Gasteiger partial charge in [-0.2, -0.15) is 0 Å². The van der Waals surface area contributed by atoms with Crippen molar-refractivity contribution in [2.24, 2.45) is 0 Å². The molecule has 226 valence electrons. The number of aromatic nitrogens is 2. The molecule has 1 heterocycles. The SMILES string of the molecule is C1=CC(c2cccc(-c3ccnc(-c4ccccc4-c4ccccc4-c4ccc5c6ccccc6c6ccccc6c5c4)n3)c2)=CCC1. The molecule has 0 atom stereocenters. The van der Waals surface area contributed by atoms with Crippen LogP contribution in [-0.2, 0) is 0 Å². The van der Waals surface area contributed by atoms with Crippen molar-refractivity contribution in [2.75, 3.05) is 0 Å². The fraction of sp³-hybridized carbons (Fsp3) is 0.0435. The van der Waals surface area contributed by atoms with Gasteiger partial charge in [0.25, 0.3) is 0 Å². The van der Waals surface area contributed by atoms with Gasteiger partial charge in [-0.05, 0) is 96.7 Å². The van der Waals surface area contributed by atoms with E-state index in [1.165, 1.54) is 54.6 Å². The van der Waals surface area contributed by atoms with E-state index in [2.05, 4.69) is 158 Å². The molecule has 48 heavy (non-hydrogen) atoms. The van der Waals surface area contributed by atoms with Gasteiger partial charge in [-0.25, -0.2) is 9.97 Å². The van der Waals surface area contributed by atoms with Crippen LogP contribution < -0.4 is 0 Å². The van der Waals surface area contributed by atoms with Crippen molar-refractivity contribution in [3.8, 4) is 44.9 Å². The molecule has 1 aliphatic rings. The van der Waals surface area contributed by atoms with Crippen LogP contribution in [0.5, 0.6) is 0 Å². The minimum Gasteiger partial charge on any atom is -0.237 e. The number of allylic oxidation sites excluding steroid dienone is 4. The average molecular weight is 613 g/mol. The summed E-state index contributed by atoms with van der Waals surface area (Å²) in [4.78, 5) is 9.95. The Labute approximate surface area is 280 Å². The topological polar surface area (TPSA) is 25.8 Å². The molecule has 9 rings (SSSR count). The summed E-state index contributed by atoms with van der Waals surface area (Å²) in [7, 11) is 0. The van der Waals surface area contributed by atoms with Crippen molar-refractivity contribution >= 4 is 37.9 Å². The van der Waals surface area contributed by atoms with Gasteiger partial charge in [-0.15, -0.1) is 0 Å². The summed E-state index contributed by atoms with van der Waals surface area (Å²) in [6.45, 7) is 0. The van der Waals surface area contributed by atoms with Crippen molar-refractivity contribution < 1.29 is 0 Å². The normalized spacial score (nSPS) is 12.9. The molecular weight excluding hydrogens is 581 g/mol. The fourth-order valence-corrected chi connectivity index (χ4v) is 7.29. The summed E-state index contributed by atoms with van der Waals surface area (Å²) in [5, 5.41) is 7.67. The Morgan fingerprint density at radius 1 is 0.417 bits per heavy atom. The molecule has 0 saturated carbocycles. The van der Waals surface area contributed by atoms with Gasteiger partial charge >= 0.3 is 0 Å². The first-order chi connectivity index (χ1) is 23.8. The first-order valence-corrected chi connectivity index (χ1v) is 16.6. The van der Waals surface area contributed by atoms with Crippen molar-refractivity contribution in [1.29, 1.82) is 0 Å². The molecule has 0 fully saturated rings. The summed E-state index contributed by atoms with van der Waals surface area (Å²) < 4.78 is 0. The minimum absolute atomic E-state index is 0.719. The van der Waals surface area contributed by atoms with Crippen LogP contribution in [0.4, 0.5) is 0 Å². The molecule has 0 unspecified atom stereocenters. The summed E-state index contributed by atoms with van der Waals surface area (Å²) in [6, 6.07) is 52.3. The third-order valence-corrected chi connectivity index (χ3v) is 9.58. The lowest BCUT2D eigenvalue weighted by atomic mass is 9.88. The average Bonchev–Trinajstić information content (AvgIpc) is 3.18. The number of rotatable bonds is 5. The van der Waals surface area contributed by atoms with Crippen LogP contribution in [0.25, 0.3) is 82.8 Å². The Morgan fingerprint density at radius 3 is 1.73 bits per heavy atom. The molecule has 0 spiro atoms. The monoisotopic (exact) mass is 612 g/mol. The standard InChI is InChI=1S/C46H32N2/c1-2-13-31(14-3-1)32-15-12-16-34(29-32)45-27-28-47-46(48-45)43-24-11-10-22-40(43)36-18-5-4-17-35(36)33-25-26-42-39-21-7-6-19-37(39)38-20-8-9-23-41(38)44(42)30-33/h2,4-30H,1,3H2. The van der Waals surface area contributed by atoms with Crippen molar-refractivity contribution in [2.45, 2.75) is 12.8 Å². The fourth-order valence-electron chi connectivity index (χ4n) is 7.29. The molecule has 8 aromatic rings. The highest BCUT2D eigenvalue weighted by Gasteiger charge is 2.16. The van der Waals surface area contributed by atoms with Gasteiger partial charge in [-0.1, -0.05) is 146 Å². The van der Waals surface area contributed by atoms with E-state index in [1.807, 2.05) is 12.3 Å². The summed E-state index contributed by atoms with van der Waals surface area (Å²) in [5.41, 5.74) is 10.1. The molecule has 1 aliphatic carbocycles. The lowest BCUT2D eigenvalue weighted by Crippen LogP contribution is -1.95. The molecule has 1 aromatic heterocycles. The second-order valence-corrected chi connectivity index (χ2v) is 12.4. The van der Waals surface area contributed by atoms with Gasteiger partial charge in [0.2, 0.25) is 0 Å². The van der Waals surface area contributed by atoms with E-state index < -0.39 is 0 Å². The molecule has 0 radical (unpaired) electrons. The van der Waals surface area contributed by atoms with Gasteiger partial charge in [0.05, 0.1) is 5.69 Å². The molecule has 0 bridgehead atoms. The zero-order chi connectivity index (χ0) is 31.9. The van der Waals surface area contributed by atoms with E-state index in [0.29, 0.717) is 0 Å². The van der Waals surface area contributed by atoms with Gasteiger partial charge in [-0.3, -0.25) is 0 Å². The molecule has 2 nitrogen and oxygen atoms in total. The summed E-state index contributed by atoms with van der Waals surface area (Å²) in [5.74, 6) is 0.719. The maximum Gasteiger partial charge on any atom is 0.160 e. The molecular formula is C46H32N2. The molecule has 2 heteroatoms. The van der Waals surface area contributed by atoms with Gasteiger partial charge in [0.1, 0.15) is 0 Å². The zero-order valence-electron chi connectivity index (χ0n) is 26.5. The third kappa shape index (κ3) is 4.90. The minimum atomic E-state index is 0.719. The maximum absolute atomic E-state index is 5.14. The van der Waals surface area contributed by atoms with Crippen LogP contribution in [0.15, 0.2) is 170 Å². The largest absolute Gasteiger partial charge is 0.237 e. The van der Waals surface area contributed by atoms with Crippen LogP contribution >= 0.6 is 0 Å². The molecule has 7 aromatic carbocycles. The maximum atomic E-state index is 5.14. The molecule has 0 saturated heterocycles. The van der Waals surface area contributed by atoms with E-state index in [9.17, 15) is 0 Å². The molecule has 0 amide bonds. The van der Waals surface area contributed by atoms with E-state index in [0.717, 1.165) is 46.6 Å². The third-order valence-electron chi connectivity index (χ3n) is 9.58. The highest BCUT2D eigenvalue weighted by molar-refractivity contribution is 6.25. The lowest BCUT2D eigenvalue weighted by Gasteiger charge is -2.16. The van der Waals surface area contributed by atoms with Crippen molar-refractivity contribution in [1.82, 2.24) is 9.97 Å². The number of nitrogens with zero attached hydrogens (tertiary/aromatic N) is 2. The van der Waals surface area contributed by atoms with Crippen LogP contribution in [-0.4, -0.2) is 9.97 Å². The Morgan fingerprint density at radius 2 is 1.02 bits per heavy atom. The van der Waals surface area contributed by atoms with Gasteiger partial charge in [0.15, 0.2) is 5.82 Å². The summed E-state index contributed by atoms with van der Waals surface area (Å²) in [6.07, 6.45) is 10.9. The van der Waals surface area contributed by atoms with E-state index in [4.69, 9.17) is 9.97 Å². The smallest absolute Gasteiger partial charge is 0.160 e.